The van der Waals surface area contributed by atoms with Gasteiger partial charge in [0.15, 0.2) is 0 Å². The van der Waals surface area contributed by atoms with Gasteiger partial charge in [-0.25, -0.2) is 9.59 Å². The summed E-state index contributed by atoms with van der Waals surface area (Å²) in [6.07, 6.45) is 1.37. The van der Waals surface area contributed by atoms with Crippen molar-refractivity contribution in [2.45, 2.75) is 84.5 Å². The van der Waals surface area contributed by atoms with Gasteiger partial charge in [0.25, 0.3) is 0 Å². The molecule has 0 aromatic rings. The Hall–Kier alpha value is -0.765. The zero-order valence-electron chi connectivity index (χ0n) is 20.7. The molecule has 0 aliphatic carbocycles. The third kappa shape index (κ3) is 13.5. The van der Waals surface area contributed by atoms with E-state index in [0.29, 0.717) is 51.9 Å². The second kappa shape index (κ2) is 13.6. The van der Waals surface area contributed by atoms with Crippen molar-refractivity contribution in [3.63, 3.8) is 0 Å². The van der Waals surface area contributed by atoms with Gasteiger partial charge >= 0.3 is 41.7 Å². The quantitative estimate of drug-likeness (QED) is 0.525. The molecule has 0 aromatic heterocycles. The van der Waals surface area contributed by atoms with Gasteiger partial charge in [0.05, 0.1) is 6.10 Å². The predicted molar refractivity (Wildman–Crippen MR) is 112 cm³/mol. The Morgan fingerprint density at radius 2 is 1.20 bits per heavy atom. The summed E-state index contributed by atoms with van der Waals surface area (Å²) in [7, 11) is 0. The van der Waals surface area contributed by atoms with E-state index in [1.165, 1.54) is 0 Å². The first-order valence-electron chi connectivity index (χ1n) is 9.92. The molecule has 0 saturated carbocycles. The maximum absolute atomic E-state index is 11.5. The molecule has 2 saturated heterocycles. The van der Waals surface area contributed by atoms with Crippen LogP contribution >= 0.6 is 0 Å². The number of ketones is 1. The van der Waals surface area contributed by atoms with E-state index in [1.54, 1.807) is 9.80 Å². The van der Waals surface area contributed by atoms with E-state index in [2.05, 4.69) is 0 Å². The molecule has 3 radical (unpaired) electrons. The van der Waals surface area contributed by atoms with E-state index in [0.717, 1.165) is 0 Å². The number of carbonyl (C=O) groups is 3. The van der Waals surface area contributed by atoms with Crippen molar-refractivity contribution in [2.24, 2.45) is 0 Å². The number of carbonyl (C=O) groups excluding carboxylic acids is 3. The van der Waals surface area contributed by atoms with Crippen LogP contribution < -0.4 is 29.6 Å². The second-order valence-electron chi connectivity index (χ2n) is 9.20. The van der Waals surface area contributed by atoms with Crippen molar-refractivity contribution in [3.05, 3.63) is 0 Å². The smallest absolute Gasteiger partial charge is 1.00 e. The molecule has 10 heteroatoms. The SMILES string of the molecule is CC(C)(C)OC(=O)N1CCC(=O)CC1.CC(C)(C)OC(=O)N1CCC(O)CC1.[B].[H-].[Na+]. The molecule has 2 fully saturated rings. The molecule has 2 heterocycles. The number of amides is 2. The van der Waals surface area contributed by atoms with Gasteiger partial charge in [-0.1, -0.05) is 0 Å². The molecule has 2 amide bonds. The molecular weight excluding hydrogens is 398 g/mol. The zero-order chi connectivity index (χ0) is 21.5. The van der Waals surface area contributed by atoms with Crippen LogP contribution in [0.2, 0.25) is 0 Å². The maximum Gasteiger partial charge on any atom is 1.00 e. The first-order chi connectivity index (χ1) is 12.8. The molecule has 0 aromatic carbocycles. The van der Waals surface area contributed by atoms with Gasteiger partial charge in [-0.3, -0.25) is 4.79 Å². The van der Waals surface area contributed by atoms with Gasteiger partial charge < -0.3 is 25.8 Å². The molecule has 0 spiro atoms. The molecule has 2 aliphatic rings. The molecule has 30 heavy (non-hydrogen) atoms. The fourth-order valence-corrected chi connectivity index (χ4v) is 2.64. The van der Waals surface area contributed by atoms with Crippen molar-refractivity contribution < 1.29 is 59.9 Å². The molecule has 2 aliphatic heterocycles. The second-order valence-corrected chi connectivity index (χ2v) is 9.20. The molecule has 0 unspecified atom stereocenters. The third-order valence-corrected chi connectivity index (χ3v) is 4.09. The van der Waals surface area contributed by atoms with Crippen molar-refractivity contribution in [2.75, 3.05) is 26.2 Å². The number of hydrogen-bond donors (Lipinski definition) is 1. The number of Topliss-reactive ketones (excluding diaryl/α,β-unsaturated/α-hetero) is 1. The molecule has 8 nitrogen and oxygen atoms in total. The summed E-state index contributed by atoms with van der Waals surface area (Å²) in [5.74, 6) is 0.227. The van der Waals surface area contributed by atoms with Crippen LogP contribution in [0, 0.1) is 0 Å². The first-order valence-corrected chi connectivity index (χ1v) is 9.92. The van der Waals surface area contributed by atoms with Crippen LogP contribution in [0.1, 0.15) is 68.7 Å². The van der Waals surface area contributed by atoms with E-state index in [9.17, 15) is 19.5 Å². The number of piperidine rings is 2. The number of aliphatic hydroxyl groups excluding tert-OH is 1. The van der Waals surface area contributed by atoms with E-state index in [-0.39, 0.29) is 63.5 Å². The molecule has 1 N–H and O–H groups in total. The summed E-state index contributed by atoms with van der Waals surface area (Å²) in [6, 6.07) is 0. The maximum atomic E-state index is 11.5. The summed E-state index contributed by atoms with van der Waals surface area (Å²) in [5.41, 5.74) is -0.897. The van der Waals surface area contributed by atoms with Gasteiger partial charge in [0.2, 0.25) is 0 Å². The number of aliphatic hydroxyl groups is 1. The van der Waals surface area contributed by atoms with Crippen LogP contribution in [-0.4, -0.2) is 84.8 Å². The van der Waals surface area contributed by atoms with Crippen LogP contribution in [-0.2, 0) is 14.3 Å². The summed E-state index contributed by atoms with van der Waals surface area (Å²) >= 11 is 0. The number of ether oxygens (including phenoxy) is 2. The van der Waals surface area contributed by atoms with Crippen molar-refractivity contribution in [3.8, 4) is 0 Å². The Morgan fingerprint density at radius 3 is 1.53 bits per heavy atom. The van der Waals surface area contributed by atoms with Crippen LogP contribution in [0.15, 0.2) is 0 Å². The fraction of sp³-hybridized carbons (Fsp3) is 0.850. The monoisotopic (exact) mass is 435 g/mol. The van der Waals surface area contributed by atoms with Crippen LogP contribution in [0.5, 0.6) is 0 Å². The minimum atomic E-state index is -0.460. The molecule has 2 rings (SSSR count). The van der Waals surface area contributed by atoms with Gasteiger partial charge in [-0.05, 0) is 54.4 Å². The number of nitrogens with zero attached hydrogens (tertiary/aromatic N) is 2. The summed E-state index contributed by atoms with van der Waals surface area (Å²) in [5, 5.41) is 9.26. The molecular formula is C20H37BN2NaO6. The van der Waals surface area contributed by atoms with E-state index >= 15 is 0 Å². The van der Waals surface area contributed by atoms with E-state index in [1.807, 2.05) is 41.5 Å². The van der Waals surface area contributed by atoms with Crippen LogP contribution in [0.4, 0.5) is 9.59 Å². The third-order valence-electron chi connectivity index (χ3n) is 4.09. The Balaban J connectivity index is -0.000000461. The minimum Gasteiger partial charge on any atom is -1.00 e. The predicted octanol–water partition coefficient (Wildman–Crippen LogP) is -0.300. The van der Waals surface area contributed by atoms with Gasteiger partial charge in [0.1, 0.15) is 17.0 Å². The Morgan fingerprint density at radius 1 is 0.867 bits per heavy atom. The topological polar surface area (TPSA) is 96.4 Å². The van der Waals surface area contributed by atoms with Crippen molar-refractivity contribution >= 4 is 26.4 Å². The fourth-order valence-electron chi connectivity index (χ4n) is 2.64. The Bertz CT molecular complexity index is 551. The Kier molecular flexibility index (Phi) is 14.2. The van der Waals surface area contributed by atoms with Gasteiger partial charge in [0, 0.05) is 47.4 Å². The summed E-state index contributed by atoms with van der Waals surface area (Å²) in [6.45, 7) is 13.2. The average Bonchev–Trinajstić information content (AvgIpc) is 2.53. The summed E-state index contributed by atoms with van der Waals surface area (Å²) in [4.78, 5) is 37.2. The molecule has 167 valence electrons. The summed E-state index contributed by atoms with van der Waals surface area (Å²) < 4.78 is 10.4. The van der Waals surface area contributed by atoms with Gasteiger partial charge in [-0.15, -0.1) is 0 Å². The normalized spacial score (nSPS) is 17.6. The van der Waals surface area contributed by atoms with Crippen molar-refractivity contribution in [1.29, 1.82) is 0 Å². The first kappa shape index (κ1) is 31.4. The van der Waals surface area contributed by atoms with Crippen LogP contribution in [0.25, 0.3) is 0 Å². The van der Waals surface area contributed by atoms with E-state index < -0.39 is 11.2 Å². The number of hydrogen-bond acceptors (Lipinski definition) is 6. The van der Waals surface area contributed by atoms with Crippen LogP contribution in [0.3, 0.4) is 0 Å². The zero-order valence-corrected chi connectivity index (χ0v) is 21.7. The standard InChI is InChI=1S/C10H19NO3.C10H17NO3.B.Na.H/c2*1-10(2,3)14-9(13)11-6-4-8(12)5-7-11;;;/h8,12H,4-7H2,1-3H3;4-7H2,1-3H3;;;/q;;;+1;-1. The number of rotatable bonds is 0. The molecule has 0 bridgehead atoms. The van der Waals surface area contributed by atoms with Crippen molar-refractivity contribution in [1.82, 2.24) is 9.80 Å². The van der Waals surface area contributed by atoms with Gasteiger partial charge in [-0.2, -0.15) is 0 Å². The minimum absolute atomic E-state index is 0. The molecule has 0 atom stereocenters. The Labute approximate surface area is 206 Å². The largest absolute Gasteiger partial charge is 1.00 e. The van der Waals surface area contributed by atoms with E-state index in [4.69, 9.17) is 9.47 Å². The number of likely N-dealkylation sites (tertiary alicyclic amines) is 2. The average molecular weight is 435 g/mol.